The Hall–Kier alpha value is -2.66. The molecule has 166 valence electrons. The third kappa shape index (κ3) is 6.17. The average molecular weight is 424 g/mol. The van der Waals surface area contributed by atoms with Gasteiger partial charge in [-0.25, -0.2) is 4.39 Å². The summed E-state index contributed by atoms with van der Waals surface area (Å²) in [6.07, 6.45) is 7.53. The molecule has 31 heavy (non-hydrogen) atoms. The lowest BCUT2D eigenvalue weighted by atomic mass is 9.97. The molecule has 1 aliphatic heterocycles. The molecule has 1 saturated heterocycles. The zero-order valence-electron chi connectivity index (χ0n) is 19.1. The lowest BCUT2D eigenvalue weighted by Gasteiger charge is -2.20. The quantitative estimate of drug-likeness (QED) is 0.446. The first-order chi connectivity index (χ1) is 15.0. The summed E-state index contributed by atoms with van der Waals surface area (Å²) >= 11 is 0. The molecule has 0 aromatic heterocycles. The second kappa shape index (κ2) is 11.1. The number of methoxy groups -OCH3 is 1. The van der Waals surface area contributed by atoms with Gasteiger partial charge in [0, 0.05) is 17.7 Å². The number of rotatable bonds is 8. The van der Waals surface area contributed by atoms with E-state index in [1.54, 1.807) is 19.2 Å². The van der Waals surface area contributed by atoms with E-state index in [1.807, 2.05) is 12.3 Å². The number of halogens is 1. The molecular weight excluding hydrogens is 389 g/mol. The average Bonchev–Trinajstić information content (AvgIpc) is 3.27. The molecule has 1 atom stereocenters. The summed E-state index contributed by atoms with van der Waals surface area (Å²) < 4.78 is 19.1. The normalized spacial score (nSPS) is 16.1. The maximum absolute atomic E-state index is 13.4. The number of allylic oxidation sites excluding steroid dienone is 1. The summed E-state index contributed by atoms with van der Waals surface area (Å²) in [5.41, 5.74) is 3.93. The van der Waals surface area contributed by atoms with E-state index in [0.29, 0.717) is 0 Å². The van der Waals surface area contributed by atoms with Crippen LogP contribution in [0.5, 0.6) is 5.75 Å². The first kappa shape index (κ1) is 23.0. The number of amidine groups is 1. The van der Waals surface area contributed by atoms with Crippen molar-refractivity contribution >= 4 is 5.84 Å². The second-order valence-corrected chi connectivity index (χ2v) is 8.15. The first-order valence-corrected chi connectivity index (χ1v) is 11.2. The van der Waals surface area contributed by atoms with Crippen LogP contribution in [0.1, 0.15) is 44.2 Å². The predicted octanol–water partition coefficient (Wildman–Crippen LogP) is 5.55. The highest BCUT2D eigenvalue weighted by Gasteiger charge is 2.17. The Morgan fingerprint density at radius 2 is 1.90 bits per heavy atom. The molecule has 4 nitrogen and oxygen atoms in total. The summed E-state index contributed by atoms with van der Waals surface area (Å²) in [7, 11) is 1.68. The molecule has 1 aliphatic rings. The fourth-order valence-corrected chi connectivity index (χ4v) is 3.99. The van der Waals surface area contributed by atoms with Crippen molar-refractivity contribution in [1.82, 2.24) is 10.2 Å². The molecule has 1 fully saturated rings. The van der Waals surface area contributed by atoms with Crippen LogP contribution in [0.3, 0.4) is 0 Å². The monoisotopic (exact) mass is 423 g/mol. The summed E-state index contributed by atoms with van der Waals surface area (Å²) in [6.45, 7) is 9.59. The van der Waals surface area contributed by atoms with Crippen molar-refractivity contribution in [3.8, 4) is 16.9 Å². The van der Waals surface area contributed by atoms with Crippen molar-refractivity contribution in [3.05, 3.63) is 65.6 Å². The van der Waals surface area contributed by atoms with Crippen LogP contribution < -0.4 is 10.1 Å². The van der Waals surface area contributed by atoms with Crippen LogP contribution in [-0.4, -0.2) is 43.5 Å². The number of ether oxygens (including phenoxy) is 1. The van der Waals surface area contributed by atoms with Gasteiger partial charge in [-0.1, -0.05) is 25.1 Å². The Labute approximate surface area is 185 Å². The van der Waals surface area contributed by atoms with Gasteiger partial charge >= 0.3 is 0 Å². The van der Waals surface area contributed by atoms with Gasteiger partial charge in [0.1, 0.15) is 17.4 Å². The van der Waals surface area contributed by atoms with Crippen molar-refractivity contribution in [3.63, 3.8) is 0 Å². The van der Waals surface area contributed by atoms with Crippen molar-refractivity contribution in [2.75, 3.05) is 26.7 Å². The molecule has 5 heteroatoms. The van der Waals surface area contributed by atoms with E-state index in [0.717, 1.165) is 59.9 Å². The fraction of sp³-hybridized carbons (Fsp3) is 0.423. The van der Waals surface area contributed by atoms with Gasteiger partial charge in [-0.15, -0.1) is 0 Å². The van der Waals surface area contributed by atoms with Gasteiger partial charge in [-0.2, -0.15) is 0 Å². The summed E-state index contributed by atoms with van der Waals surface area (Å²) in [5.74, 6) is 1.38. The summed E-state index contributed by atoms with van der Waals surface area (Å²) in [4.78, 5) is 7.55. The minimum Gasteiger partial charge on any atom is -0.496 e. The molecule has 3 rings (SSSR count). The molecule has 0 radical (unpaired) electrons. The van der Waals surface area contributed by atoms with Crippen LogP contribution >= 0.6 is 0 Å². The third-order valence-corrected chi connectivity index (χ3v) is 5.66. The highest BCUT2D eigenvalue weighted by molar-refractivity contribution is 6.02. The molecule has 1 heterocycles. The van der Waals surface area contributed by atoms with Gasteiger partial charge < -0.3 is 15.0 Å². The molecule has 0 spiro atoms. The minimum atomic E-state index is -0.243. The maximum Gasteiger partial charge on any atom is 0.132 e. The molecule has 1 unspecified atom stereocenters. The smallest absolute Gasteiger partial charge is 0.132 e. The van der Waals surface area contributed by atoms with Crippen molar-refractivity contribution in [2.24, 2.45) is 4.99 Å². The van der Waals surface area contributed by atoms with Gasteiger partial charge in [-0.05, 0) is 87.8 Å². The molecule has 2 aromatic carbocycles. The molecule has 0 saturated carbocycles. The molecular formula is C26H34FN3O. The Morgan fingerprint density at radius 1 is 1.19 bits per heavy atom. The lowest BCUT2D eigenvalue weighted by Crippen LogP contribution is -2.30. The first-order valence-electron chi connectivity index (χ1n) is 11.2. The van der Waals surface area contributed by atoms with Gasteiger partial charge in [0.25, 0.3) is 0 Å². The van der Waals surface area contributed by atoms with E-state index in [4.69, 9.17) is 9.73 Å². The Morgan fingerprint density at radius 3 is 2.55 bits per heavy atom. The van der Waals surface area contributed by atoms with Crippen LogP contribution in [0.25, 0.3) is 11.1 Å². The second-order valence-electron chi connectivity index (χ2n) is 8.15. The number of aliphatic imine (C=N–C) groups is 1. The van der Waals surface area contributed by atoms with E-state index in [2.05, 4.69) is 43.1 Å². The highest BCUT2D eigenvalue weighted by Crippen LogP contribution is 2.30. The number of nitrogens with one attached hydrogen (secondary N) is 1. The number of hydrogen-bond acceptors (Lipinski definition) is 3. The maximum atomic E-state index is 13.4. The van der Waals surface area contributed by atoms with E-state index in [1.165, 1.54) is 25.0 Å². The minimum absolute atomic E-state index is 0.162. The predicted molar refractivity (Wildman–Crippen MR) is 127 cm³/mol. The van der Waals surface area contributed by atoms with Gasteiger partial charge in [0.15, 0.2) is 0 Å². The van der Waals surface area contributed by atoms with Crippen LogP contribution in [-0.2, 0) is 0 Å². The van der Waals surface area contributed by atoms with Gasteiger partial charge in [0.05, 0.1) is 13.2 Å². The van der Waals surface area contributed by atoms with E-state index in [9.17, 15) is 4.39 Å². The molecule has 2 aromatic rings. The number of nitrogens with zero attached hydrogens (tertiary/aromatic N) is 2. The largest absolute Gasteiger partial charge is 0.496 e. The fourth-order valence-electron chi connectivity index (χ4n) is 3.99. The van der Waals surface area contributed by atoms with E-state index in [-0.39, 0.29) is 11.9 Å². The summed E-state index contributed by atoms with van der Waals surface area (Å²) in [5, 5.41) is 3.41. The van der Waals surface area contributed by atoms with Crippen molar-refractivity contribution in [2.45, 2.75) is 46.1 Å². The third-order valence-electron chi connectivity index (χ3n) is 5.66. The summed E-state index contributed by atoms with van der Waals surface area (Å²) in [6, 6.07) is 10.8. The van der Waals surface area contributed by atoms with Gasteiger partial charge in [-0.3, -0.25) is 4.99 Å². The van der Waals surface area contributed by atoms with Crippen LogP contribution in [0.4, 0.5) is 4.39 Å². The highest BCUT2D eigenvalue weighted by atomic mass is 19.1. The SMILES string of the molecule is CC/C=C/NC(=NC(C)CN1CCCC1)c1cc(-c2ccc(F)cc2)cc(OC)c1C. The number of benzene rings is 2. The van der Waals surface area contributed by atoms with Crippen LogP contribution in [0.2, 0.25) is 0 Å². The Balaban J connectivity index is 2.01. The molecule has 1 N–H and O–H groups in total. The standard InChI is InChI=1S/C26H34FN3O/c1-5-6-13-28-26(29-19(2)18-30-14-7-8-15-30)24-16-22(17-25(31-4)20(24)3)21-9-11-23(27)12-10-21/h6,9-13,16-17,19H,5,7-8,14-15,18H2,1-4H3,(H,28,29)/b13-6+. The molecule has 0 bridgehead atoms. The van der Waals surface area contributed by atoms with E-state index < -0.39 is 0 Å². The lowest BCUT2D eigenvalue weighted by molar-refractivity contribution is 0.321. The number of hydrogen-bond donors (Lipinski definition) is 1. The Kier molecular flexibility index (Phi) is 8.24. The topological polar surface area (TPSA) is 36.9 Å². The van der Waals surface area contributed by atoms with Crippen LogP contribution in [0.15, 0.2) is 53.7 Å². The van der Waals surface area contributed by atoms with E-state index >= 15 is 0 Å². The number of likely N-dealkylation sites (tertiary alicyclic amines) is 1. The Bertz CT molecular complexity index is 915. The zero-order valence-corrected chi connectivity index (χ0v) is 19.1. The zero-order chi connectivity index (χ0) is 22.2. The van der Waals surface area contributed by atoms with Gasteiger partial charge in [0.2, 0.25) is 0 Å². The molecule has 0 aliphatic carbocycles. The van der Waals surface area contributed by atoms with Crippen molar-refractivity contribution in [1.29, 1.82) is 0 Å². The van der Waals surface area contributed by atoms with Crippen LogP contribution in [0, 0.1) is 12.7 Å². The van der Waals surface area contributed by atoms with Crippen molar-refractivity contribution < 1.29 is 9.13 Å². The molecule has 0 amide bonds.